The van der Waals surface area contributed by atoms with Crippen molar-refractivity contribution in [1.29, 1.82) is 0 Å². The van der Waals surface area contributed by atoms with Crippen LogP contribution in [-0.2, 0) is 6.54 Å². The average molecular weight is 281 g/mol. The van der Waals surface area contributed by atoms with Crippen LogP contribution in [0.1, 0.15) is 41.4 Å². The Bertz CT molecular complexity index is 607. The molecule has 1 aromatic heterocycles. The quantitative estimate of drug-likeness (QED) is 0.801. The van der Waals surface area contributed by atoms with Gasteiger partial charge in [-0.25, -0.2) is 9.07 Å². The van der Waals surface area contributed by atoms with Gasteiger partial charge in [0.15, 0.2) is 6.29 Å². The molecule has 0 saturated carbocycles. The van der Waals surface area contributed by atoms with E-state index in [1.54, 1.807) is 12.1 Å². The number of carbonyl (C=O) groups excluding carboxylic acids is 1. The topological polar surface area (TPSA) is 34.9 Å². The highest BCUT2D eigenvalue weighted by Gasteiger charge is 2.18. The molecule has 0 radical (unpaired) electrons. The van der Waals surface area contributed by atoms with Crippen molar-refractivity contribution in [3.63, 3.8) is 0 Å². The summed E-state index contributed by atoms with van der Waals surface area (Å²) in [5, 5.41) is 4.63. The van der Waals surface area contributed by atoms with E-state index >= 15 is 0 Å². The normalized spacial score (nSPS) is 11.0. The van der Waals surface area contributed by atoms with Gasteiger partial charge < -0.3 is 0 Å². The summed E-state index contributed by atoms with van der Waals surface area (Å²) in [5.41, 5.74) is 1.82. The fraction of sp³-hybridized carbons (Fsp3) is 0.286. The van der Waals surface area contributed by atoms with Crippen molar-refractivity contribution in [3.8, 4) is 0 Å². The Morgan fingerprint density at radius 1 is 1.47 bits per heavy atom. The van der Waals surface area contributed by atoms with Crippen molar-refractivity contribution < 1.29 is 9.18 Å². The van der Waals surface area contributed by atoms with Crippen LogP contribution in [0.2, 0.25) is 5.15 Å². The average Bonchev–Trinajstić information content (AvgIpc) is 2.66. The highest BCUT2D eigenvalue weighted by atomic mass is 35.5. The third-order valence-corrected chi connectivity index (χ3v) is 3.24. The van der Waals surface area contributed by atoms with Crippen molar-refractivity contribution in [2.24, 2.45) is 0 Å². The van der Waals surface area contributed by atoms with Gasteiger partial charge in [0.2, 0.25) is 0 Å². The summed E-state index contributed by atoms with van der Waals surface area (Å²) in [5.74, 6) is -0.202. The minimum atomic E-state index is -0.305. The lowest BCUT2D eigenvalue weighted by Gasteiger charge is -2.03. The summed E-state index contributed by atoms with van der Waals surface area (Å²) in [6, 6.07) is 6.22. The zero-order valence-electron chi connectivity index (χ0n) is 10.7. The van der Waals surface area contributed by atoms with E-state index < -0.39 is 0 Å². The van der Waals surface area contributed by atoms with Gasteiger partial charge in [-0.3, -0.25) is 4.79 Å². The third kappa shape index (κ3) is 2.84. The molecule has 0 aliphatic rings. The summed E-state index contributed by atoms with van der Waals surface area (Å²) in [4.78, 5) is 11.1. The molecular formula is C14H14ClFN2O. The van der Waals surface area contributed by atoms with E-state index in [9.17, 15) is 9.18 Å². The first-order valence-electron chi connectivity index (χ1n) is 5.98. The highest BCUT2D eigenvalue weighted by Crippen LogP contribution is 2.25. The highest BCUT2D eigenvalue weighted by molar-refractivity contribution is 6.32. The van der Waals surface area contributed by atoms with E-state index in [0.29, 0.717) is 29.2 Å². The molecule has 0 fully saturated rings. The zero-order chi connectivity index (χ0) is 14.0. The Kier molecular flexibility index (Phi) is 4.00. The number of carbonyl (C=O) groups is 1. The van der Waals surface area contributed by atoms with Gasteiger partial charge in [0.05, 0.1) is 17.8 Å². The lowest BCUT2D eigenvalue weighted by Crippen LogP contribution is -2.03. The molecule has 0 aliphatic heterocycles. The molecule has 19 heavy (non-hydrogen) atoms. The maximum Gasteiger partial charge on any atom is 0.155 e. The SMILES string of the molecule is CC(C)c1nn(Cc2cccc(F)c2)c(Cl)c1C=O. The molecule has 1 aromatic carbocycles. The number of rotatable bonds is 4. The van der Waals surface area contributed by atoms with Crippen LogP contribution in [0.4, 0.5) is 4.39 Å². The standard InChI is InChI=1S/C14H14ClFN2O/c1-9(2)13-12(8-19)14(15)18(17-13)7-10-4-3-5-11(16)6-10/h3-6,8-9H,7H2,1-2H3. The van der Waals surface area contributed by atoms with Crippen molar-refractivity contribution >= 4 is 17.9 Å². The Balaban J connectivity index is 2.38. The monoisotopic (exact) mass is 280 g/mol. The molecular weight excluding hydrogens is 267 g/mol. The molecule has 0 amide bonds. The minimum absolute atomic E-state index is 0.103. The number of aldehydes is 1. The smallest absolute Gasteiger partial charge is 0.155 e. The molecule has 0 saturated heterocycles. The first kappa shape index (κ1) is 13.7. The van der Waals surface area contributed by atoms with Gasteiger partial charge in [-0.2, -0.15) is 5.10 Å². The van der Waals surface area contributed by atoms with E-state index in [2.05, 4.69) is 5.10 Å². The van der Waals surface area contributed by atoms with Crippen LogP contribution < -0.4 is 0 Å². The van der Waals surface area contributed by atoms with Crippen LogP contribution in [0.25, 0.3) is 0 Å². The summed E-state index contributed by atoms with van der Waals surface area (Å²) in [6.45, 7) is 4.22. The van der Waals surface area contributed by atoms with Crippen molar-refractivity contribution in [1.82, 2.24) is 9.78 Å². The first-order valence-corrected chi connectivity index (χ1v) is 6.36. The number of aromatic nitrogens is 2. The lowest BCUT2D eigenvalue weighted by molar-refractivity contribution is 0.112. The van der Waals surface area contributed by atoms with Gasteiger partial charge in [0.1, 0.15) is 11.0 Å². The van der Waals surface area contributed by atoms with Gasteiger partial charge in [-0.15, -0.1) is 0 Å². The van der Waals surface area contributed by atoms with Crippen LogP contribution in [0.15, 0.2) is 24.3 Å². The van der Waals surface area contributed by atoms with Gasteiger partial charge in [0.25, 0.3) is 0 Å². The van der Waals surface area contributed by atoms with Crippen LogP contribution >= 0.6 is 11.6 Å². The molecule has 5 heteroatoms. The molecule has 0 spiro atoms. The summed E-state index contributed by atoms with van der Waals surface area (Å²) < 4.78 is 14.7. The number of hydrogen-bond donors (Lipinski definition) is 0. The predicted molar refractivity (Wildman–Crippen MR) is 72.2 cm³/mol. The molecule has 0 bridgehead atoms. The Labute approximate surface area is 116 Å². The number of nitrogens with zero attached hydrogens (tertiary/aromatic N) is 2. The van der Waals surface area contributed by atoms with Gasteiger partial charge >= 0.3 is 0 Å². The minimum Gasteiger partial charge on any atom is -0.298 e. The molecule has 100 valence electrons. The molecule has 3 nitrogen and oxygen atoms in total. The van der Waals surface area contributed by atoms with E-state index in [1.165, 1.54) is 16.8 Å². The van der Waals surface area contributed by atoms with E-state index in [1.807, 2.05) is 13.8 Å². The number of benzene rings is 1. The molecule has 2 rings (SSSR count). The molecule has 1 heterocycles. The first-order chi connectivity index (χ1) is 9.02. The second-order valence-electron chi connectivity index (χ2n) is 4.65. The fourth-order valence-corrected chi connectivity index (χ4v) is 2.16. The van der Waals surface area contributed by atoms with Crippen LogP contribution in [0, 0.1) is 5.82 Å². The Morgan fingerprint density at radius 2 is 2.21 bits per heavy atom. The van der Waals surface area contributed by atoms with Crippen LogP contribution in [-0.4, -0.2) is 16.1 Å². The summed E-state index contributed by atoms with van der Waals surface area (Å²) in [7, 11) is 0. The lowest BCUT2D eigenvalue weighted by atomic mass is 10.1. The second kappa shape index (κ2) is 5.53. The van der Waals surface area contributed by atoms with Gasteiger partial charge in [0, 0.05) is 0 Å². The zero-order valence-corrected chi connectivity index (χ0v) is 11.5. The fourth-order valence-electron chi connectivity index (χ4n) is 1.92. The van der Waals surface area contributed by atoms with Crippen molar-refractivity contribution in [3.05, 3.63) is 52.1 Å². The molecule has 0 atom stereocenters. The van der Waals surface area contributed by atoms with Crippen LogP contribution in [0.5, 0.6) is 0 Å². The Morgan fingerprint density at radius 3 is 2.74 bits per heavy atom. The number of hydrogen-bond acceptors (Lipinski definition) is 2. The summed E-state index contributed by atoms with van der Waals surface area (Å²) >= 11 is 6.14. The van der Waals surface area contributed by atoms with E-state index in [-0.39, 0.29) is 11.7 Å². The maximum absolute atomic E-state index is 13.1. The molecule has 0 N–H and O–H groups in total. The van der Waals surface area contributed by atoms with Gasteiger partial charge in [-0.1, -0.05) is 37.6 Å². The molecule has 0 unspecified atom stereocenters. The second-order valence-corrected chi connectivity index (χ2v) is 5.01. The van der Waals surface area contributed by atoms with Crippen LogP contribution in [0.3, 0.4) is 0 Å². The van der Waals surface area contributed by atoms with E-state index in [4.69, 9.17) is 11.6 Å². The predicted octanol–water partition coefficient (Wildman–Crippen LogP) is 3.66. The largest absolute Gasteiger partial charge is 0.298 e. The van der Waals surface area contributed by atoms with Gasteiger partial charge in [-0.05, 0) is 23.6 Å². The van der Waals surface area contributed by atoms with Crippen molar-refractivity contribution in [2.75, 3.05) is 0 Å². The van der Waals surface area contributed by atoms with Crippen molar-refractivity contribution in [2.45, 2.75) is 26.3 Å². The Hall–Kier alpha value is -1.68. The molecule has 2 aromatic rings. The number of halogens is 2. The summed E-state index contributed by atoms with van der Waals surface area (Å²) in [6.07, 6.45) is 0.715. The third-order valence-electron chi connectivity index (χ3n) is 2.84. The van der Waals surface area contributed by atoms with E-state index in [0.717, 1.165) is 5.56 Å². The molecule has 0 aliphatic carbocycles. The maximum atomic E-state index is 13.1.